The zero-order valence-corrected chi connectivity index (χ0v) is 11.2. The van der Waals surface area contributed by atoms with Crippen LogP contribution >= 0.6 is 0 Å². The highest BCUT2D eigenvalue weighted by molar-refractivity contribution is 5.72. The third kappa shape index (κ3) is 8.68. The molecule has 0 aromatic heterocycles. The Morgan fingerprint density at radius 1 is 1.06 bits per heavy atom. The molecule has 0 spiro atoms. The van der Waals surface area contributed by atoms with Gasteiger partial charge in [0.15, 0.2) is 0 Å². The van der Waals surface area contributed by atoms with Gasteiger partial charge in [0.2, 0.25) is 5.91 Å². The molecule has 0 saturated carbocycles. The van der Waals surface area contributed by atoms with Crippen LogP contribution in [0.1, 0.15) is 48.0 Å². The zero-order chi connectivity index (χ0) is 12.7. The van der Waals surface area contributed by atoms with Gasteiger partial charge in [0.1, 0.15) is 6.23 Å². The van der Waals surface area contributed by atoms with Crippen molar-refractivity contribution in [3.05, 3.63) is 0 Å². The van der Waals surface area contributed by atoms with Crippen LogP contribution in [-0.4, -0.2) is 30.4 Å². The van der Waals surface area contributed by atoms with Crippen LogP contribution in [0.15, 0.2) is 0 Å². The summed E-state index contributed by atoms with van der Waals surface area (Å²) < 4.78 is 11.2. The Bertz CT molecular complexity index is 204. The monoisotopic (exact) mass is 231 g/mol. The molecule has 1 N–H and O–H groups in total. The van der Waals surface area contributed by atoms with E-state index in [4.69, 9.17) is 9.47 Å². The predicted molar refractivity (Wildman–Crippen MR) is 64.1 cm³/mol. The largest absolute Gasteiger partial charge is 0.376 e. The van der Waals surface area contributed by atoms with Crippen LogP contribution in [0, 0.1) is 0 Å². The lowest BCUT2D eigenvalue weighted by molar-refractivity contribution is -0.126. The molecule has 0 radical (unpaired) electrons. The summed E-state index contributed by atoms with van der Waals surface area (Å²) in [5.74, 6) is -0.0811. The summed E-state index contributed by atoms with van der Waals surface area (Å²) in [7, 11) is 0. The quantitative estimate of drug-likeness (QED) is 0.682. The smallest absolute Gasteiger partial charge is 0.218 e. The lowest BCUT2D eigenvalue weighted by Gasteiger charge is -2.25. The van der Waals surface area contributed by atoms with Crippen molar-refractivity contribution in [2.24, 2.45) is 0 Å². The van der Waals surface area contributed by atoms with Crippen molar-refractivity contribution in [1.29, 1.82) is 0 Å². The minimum absolute atomic E-state index is 0.0654. The van der Waals surface area contributed by atoms with Gasteiger partial charge < -0.3 is 14.8 Å². The van der Waals surface area contributed by atoms with E-state index in [0.717, 1.165) is 0 Å². The SMILES string of the molecule is CC(=O)NC(CC(C)OC(C)C)OC(C)C. The van der Waals surface area contributed by atoms with Gasteiger partial charge in [-0.3, -0.25) is 4.79 Å². The maximum atomic E-state index is 11.0. The lowest BCUT2D eigenvalue weighted by Crippen LogP contribution is -2.39. The number of hydrogen-bond donors (Lipinski definition) is 1. The average molecular weight is 231 g/mol. The lowest BCUT2D eigenvalue weighted by atomic mass is 10.2. The second-order valence-electron chi connectivity index (χ2n) is 4.61. The fourth-order valence-electron chi connectivity index (χ4n) is 1.53. The summed E-state index contributed by atoms with van der Waals surface area (Å²) in [6.07, 6.45) is 0.729. The predicted octanol–water partition coefficient (Wildman–Crippen LogP) is 2.08. The van der Waals surface area contributed by atoms with Gasteiger partial charge in [-0.1, -0.05) is 0 Å². The van der Waals surface area contributed by atoms with E-state index in [9.17, 15) is 4.79 Å². The second kappa shape index (κ2) is 7.63. The first-order chi connectivity index (χ1) is 7.31. The van der Waals surface area contributed by atoms with Crippen LogP contribution in [0.2, 0.25) is 0 Å². The van der Waals surface area contributed by atoms with E-state index in [-0.39, 0.29) is 30.4 Å². The van der Waals surface area contributed by atoms with Crippen molar-refractivity contribution in [2.75, 3.05) is 0 Å². The molecule has 0 heterocycles. The fraction of sp³-hybridized carbons (Fsp3) is 0.917. The van der Waals surface area contributed by atoms with Crippen LogP contribution in [0.4, 0.5) is 0 Å². The van der Waals surface area contributed by atoms with Crippen LogP contribution in [0.3, 0.4) is 0 Å². The molecule has 16 heavy (non-hydrogen) atoms. The standard InChI is InChI=1S/C12H25NO3/c1-8(2)15-10(5)7-12(13-11(6)14)16-9(3)4/h8-10,12H,7H2,1-6H3,(H,13,14). The van der Waals surface area contributed by atoms with Gasteiger partial charge in [-0.2, -0.15) is 0 Å². The molecule has 0 aliphatic rings. The molecule has 96 valence electrons. The van der Waals surface area contributed by atoms with Crippen molar-refractivity contribution in [1.82, 2.24) is 5.32 Å². The van der Waals surface area contributed by atoms with Crippen LogP contribution in [0.5, 0.6) is 0 Å². The molecule has 4 nitrogen and oxygen atoms in total. The minimum atomic E-state index is -0.272. The first kappa shape index (κ1) is 15.4. The number of ether oxygens (including phenoxy) is 2. The summed E-state index contributed by atoms with van der Waals surface area (Å²) in [5, 5.41) is 2.77. The number of amides is 1. The highest BCUT2D eigenvalue weighted by atomic mass is 16.5. The van der Waals surface area contributed by atoms with E-state index in [2.05, 4.69) is 5.32 Å². The number of hydrogen-bond acceptors (Lipinski definition) is 3. The van der Waals surface area contributed by atoms with Gasteiger partial charge >= 0.3 is 0 Å². The Balaban J connectivity index is 4.13. The Kier molecular flexibility index (Phi) is 7.34. The van der Waals surface area contributed by atoms with Crippen molar-refractivity contribution < 1.29 is 14.3 Å². The highest BCUT2D eigenvalue weighted by Crippen LogP contribution is 2.08. The fourth-order valence-corrected chi connectivity index (χ4v) is 1.53. The molecule has 0 bridgehead atoms. The van der Waals surface area contributed by atoms with Gasteiger partial charge in [0, 0.05) is 13.3 Å². The Labute approximate surface area is 98.7 Å². The van der Waals surface area contributed by atoms with Gasteiger partial charge in [-0.05, 0) is 34.6 Å². The molecule has 0 saturated heterocycles. The van der Waals surface area contributed by atoms with E-state index in [1.54, 1.807) is 0 Å². The Morgan fingerprint density at radius 2 is 1.56 bits per heavy atom. The first-order valence-electron chi connectivity index (χ1n) is 5.89. The molecule has 0 fully saturated rings. The van der Waals surface area contributed by atoms with Crippen molar-refractivity contribution >= 4 is 5.91 Å². The summed E-state index contributed by atoms with van der Waals surface area (Å²) in [4.78, 5) is 11.0. The number of carbonyl (C=O) groups is 1. The van der Waals surface area contributed by atoms with E-state index < -0.39 is 0 Å². The molecular formula is C12H25NO3. The number of rotatable bonds is 7. The summed E-state index contributed by atoms with van der Waals surface area (Å²) in [5.41, 5.74) is 0. The van der Waals surface area contributed by atoms with E-state index in [0.29, 0.717) is 6.42 Å². The van der Waals surface area contributed by atoms with E-state index in [1.807, 2.05) is 34.6 Å². The normalized spacial score (nSPS) is 15.2. The van der Waals surface area contributed by atoms with Crippen LogP contribution in [-0.2, 0) is 14.3 Å². The van der Waals surface area contributed by atoms with E-state index in [1.165, 1.54) is 6.92 Å². The first-order valence-corrected chi connectivity index (χ1v) is 5.89. The summed E-state index contributed by atoms with van der Waals surface area (Å²) >= 11 is 0. The molecule has 0 aromatic carbocycles. The van der Waals surface area contributed by atoms with Crippen molar-refractivity contribution in [2.45, 2.75) is 72.5 Å². The van der Waals surface area contributed by atoms with Gasteiger partial charge in [0.25, 0.3) is 0 Å². The highest BCUT2D eigenvalue weighted by Gasteiger charge is 2.17. The molecule has 1 amide bonds. The average Bonchev–Trinajstić information content (AvgIpc) is 1.97. The molecular weight excluding hydrogens is 206 g/mol. The zero-order valence-electron chi connectivity index (χ0n) is 11.2. The van der Waals surface area contributed by atoms with Gasteiger partial charge in [-0.25, -0.2) is 0 Å². The van der Waals surface area contributed by atoms with Gasteiger partial charge in [-0.15, -0.1) is 0 Å². The molecule has 0 aliphatic carbocycles. The molecule has 2 unspecified atom stereocenters. The molecule has 4 heteroatoms. The molecule has 0 aliphatic heterocycles. The summed E-state index contributed by atoms with van der Waals surface area (Å²) in [6, 6.07) is 0. The second-order valence-corrected chi connectivity index (χ2v) is 4.61. The van der Waals surface area contributed by atoms with Crippen LogP contribution < -0.4 is 5.32 Å². The number of carbonyl (C=O) groups excluding carboxylic acids is 1. The van der Waals surface area contributed by atoms with Crippen molar-refractivity contribution in [3.63, 3.8) is 0 Å². The maximum Gasteiger partial charge on any atom is 0.218 e. The minimum Gasteiger partial charge on any atom is -0.376 e. The Hall–Kier alpha value is -0.610. The van der Waals surface area contributed by atoms with Crippen LogP contribution in [0.25, 0.3) is 0 Å². The topological polar surface area (TPSA) is 47.6 Å². The third-order valence-corrected chi connectivity index (χ3v) is 1.85. The summed E-state index contributed by atoms with van der Waals surface area (Å²) in [6.45, 7) is 11.4. The molecule has 0 aromatic rings. The molecule has 0 rings (SSSR count). The molecule has 2 atom stereocenters. The Morgan fingerprint density at radius 3 is 1.94 bits per heavy atom. The van der Waals surface area contributed by atoms with E-state index >= 15 is 0 Å². The van der Waals surface area contributed by atoms with Gasteiger partial charge in [0.05, 0.1) is 18.3 Å². The van der Waals surface area contributed by atoms with Crippen molar-refractivity contribution in [3.8, 4) is 0 Å². The number of nitrogens with one attached hydrogen (secondary N) is 1. The maximum absolute atomic E-state index is 11.0. The third-order valence-electron chi connectivity index (χ3n) is 1.85.